The molecule has 0 fully saturated rings. The molecule has 0 aromatic carbocycles. The average Bonchev–Trinajstić information content (AvgIpc) is 2.51. The van der Waals surface area contributed by atoms with Gasteiger partial charge in [-0.3, -0.25) is 9.79 Å². The van der Waals surface area contributed by atoms with Crippen LogP contribution >= 0.6 is 0 Å². The van der Waals surface area contributed by atoms with Crippen LogP contribution in [0.3, 0.4) is 0 Å². The predicted octanol–water partition coefficient (Wildman–Crippen LogP) is -2.55. The standard InChI is InChI=1S/C13H24N4O7/c1-3-22-10(18)8-24-17-12(16-13(21)23-4-2)15-7-5-6-9(14)11(19)20/h9H,3-8,14H2,1-2H3,(H,19,20)(H2,15,16,17,21)/p+1. The molecule has 11 nitrogen and oxygen atoms in total. The lowest BCUT2D eigenvalue weighted by atomic mass is 10.2. The number of aliphatic carboxylic acids is 1. The number of rotatable bonds is 10. The van der Waals surface area contributed by atoms with Crippen molar-refractivity contribution >= 4 is 24.0 Å². The summed E-state index contributed by atoms with van der Waals surface area (Å²) in [5.74, 6) is -1.62. The Morgan fingerprint density at radius 3 is 2.46 bits per heavy atom. The van der Waals surface area contributed by atoms with Gasteiger partial charge in [0.15, 0.2) is 6.61 Å². The number of carbonyl (C=O) groups excluding carboxylic acids is 2. The summed E-state index contributed by atoms with van der Waals surface area (Å²) in [5, 5.41) is 11.0. The van der Waals surface area contributed by atoms with Crippen LogP contribution in [0.2, 0.25) is 0 Å². The van der Waals surface area contributed by atoms with Gasteiger partial charge in [-0.05, 0) is 26.7 Å². The third-order valence-corrected chi connectivity index (χ3v) is 2.48. The maximum Gasteiger partial charge on any atom is 0.476 e. The van der Waals surface area contributed by atoms with Gasteiger partial charge in [0.25, 0.3) is 0 Å². The highest BCUT2D eigenvalue weighted by atomic mass is 16.7. The van der Waals surface area contributed by atoms with E-state index in [1.54, 1.807) is 13.8 Å². The first-order valence-electron chi connectivity index (χ1n) is 7.47. The number of hydrogen-bond acceptors (Lipinski definition) is 7. The fourth-order valence-electron chi connectivity index (χ4n) is 1.40. The molecule has 1 amide bonds. The SMILES string of the molecule is CCOC(=O)CONC(NC(=O)OCC)=[NH+]CCCC(N)C(=O)O. The maximum atomic E-state index is 11.4. The zero-order chi connectivity index (χ0) is 18.4. The van der Waals surface area contributed by atoms with Crippen molar-refractivity contribution in [3.05, 3.63) is 0 Å². The van der Waals surface area contributed by atoms with Crippen molar-refractivity contribution in [2.75, 3.05) is 26.4 Å². The predicted molar refractivity (Wildman–Crippen MR) is 81.6 cm³/mol. The second-order valence-electron chi connectivity index (χ2n) is 4.43. The molecule has 1 unspecified atom stereocenters. The van der Waals surface area contributed by atoms with E-state index in [9.17, 15) is 14.4 Å². The van der Waals surface area contributed by atoms with Crippen molar-refractivity contribution in [1.82, 2.24) is 10.8 Å². The number of carbonyl (C=O) groups is 3. The number of hydrogen-bond donors (Lipinski definition) is 5. The van der Waals surface area contributed by atoms with Crippen LogP contribution in [0.5, 0.6) is 0 Å². The summed E-state index contributed by atoms with van der Waals surface area (Å²) in [6.45, 7) is 3.64. The first-order valence-corrected chi connectivity index (χ1v) is 7.47. The second-order valence-corrected chi connectivity index (χ2v) is 4.43. The van der Waals surface area contributed by atoms with Crippen LogP contribution in [0.4, 0.5) is 4.79 Å². The number of ether oxygens (including phenoxy) is 2. The zero-order valence-electron chi connectivity index (χ0n) is 13.8. The summed E-state index contributed by atoms with van der Waals surface area (Å²) >= 11 is 0. The highest BCUT2D eigenvalue weighted by molar-refractivity contribution is 5.90. The lowest BCUT2D eigenvalue weighted by Gasteiger charge is -2.06. The van der Waals surface area contributed by atoms with Gasteiger partial charge in [-0.25, -0.2) is 14.4 Å². The lowest BCUT2D eigenvalue weighted by Crippen LogP contribution is -2.80. The number of nitrogens with two attached hydrogens (primary N) is 1. The highest BCUT2D eigenvalue weighted by Gasteiger charge is 2.16. The van der Waals surface area contributed by atoms with E-state index in [0.717, 1.165) is 0 Å². The van der Waals surface area contributed by atoms with Gasteiger partial charge in [0.1, 0.15) is 6.04 Å². The smallest absolute Gasteiger partial charge is 0.476 e. The molecule has 0 aliphatic heterocycles. The number of carboxylic acid groups (broad SMARTS) is 1. The van der Waals surface area contributed by atoms with Gasteiger partial charge in [0.05, 0.1) is 19.8 Å². The lowest BCUT2D eigenvalue weighted by molar-refractivity contribution is -0.464. The van der Waals surface area contributed by atoms with Crippen molar-refractivity contribution in [3.63, 3.8) is 0 Å². The third kappa shape index (κ3) is 11.2. The molecule has 1 atom stereocenters. The van der Waals surface area contributed by atoms with Crippen LogP contribution in [0.25, 0.3) is 0 Å². The van der Waals surface area contributed by atoms with E-state index >= 15 is 0 Å². The normalized spacial score (nSPS) is 12.2. The third-order valence-electron chi connectivity index (χ3n) is 2.48. The first kappa shape index (κ1) is 21.6. The molecular formula is C13H25N4O7+. The minimum Gasteiger partial charge on any atom is -0.480 e. The van der Waals surface area contributed by atoms with E-state index < -0.39 is 24.1 Å². The number of hydroxylamine groups is 1. The summed E-state index contributed by atoms with van der Waals surface area (Å²) in [7, 11) is 0. The zero-order valence-corrected chi connectivity index (χ0v) is 13.8. The minimum atomic E-state index is -1.08. The molecule has 11 heteroatoms. The topological polar surface area (TPSA) is 163 Å². The van der Waals surface area contributed by atoms with Gasteiger partial charge in [0.2, 0.25) is 0 Å². The molecule has 0 aliphatic carbocycles. The Morgan fingerprint density at radius 2 is 1.88 bits per heavy atom. The molecule has 0 aliphatic rings. The minimum absolute atomic E-state index is 0.0432. The molecule has 24 heavy (non-hydrogen) atoms. The van der Waals surface area contributed by atoms with E-state index in [2.05, 4.69) is 20.5 Å². The Morgan fingerprint density at radius 1 is 1.21 bits per heavy atom. The van der Waals surface area contributed by atoms with E-state index in [1.807, 2.05) is 0 Å². The summed E-state index contributed by atoms with van der Waals surface area (Å²) in [5.41, 5.74) is 7.73. The van der Waals surface area contributed by atoms with Gasteiger partial charge >= 0.3 is 24.0 Å². The molecule has 0 saturated carbocycles. The quantitative estimate of drug-likeness (QED) is 0.0938. The van der Waals surface area contributed by atoms with E-state index in [-0.39, 0.29) is 32.2 Å². The number of carboxylic acids is 1. The summed E-state index contributed by atoms with van der Waals surface area (Å²) in [4.78, 5) is 40.8. The molecule has 0 aromatic rings. The maximum absolute atomic E-state index is 11.4. The van der Waals surface area contributed by atoms with Crippen LogP contribution in [0, 0.1) is 0 Å². The largest absolute Gasteiger partial charge is 0.480 e. The number of guanidine groups is 1. The Kier molecular flexibility index (Phi) is 11.8. The van der Waals surface area contributed by atoms with Crippen molar-refractivity contribution in [1.29, 1.82) is 0 Å². The monoisotopic (exact) mass is 349 g/mol. The van der Waals surface area contributed by atoms with Crippen molar-refractivity contribution in [2.45, 2.75) is 32.7 Å². The van der Waals surface area contributed by atoms with Gasteiger partial charge in [-0.1, -0.05) is 0 Å². The van der Waals surface area contributed by atoms with E-state index in [0.29, 0.717) is 13.0 Å². The molecule has 0 heterocycles. The highest BCUT2D eigenvalue weighted by Crippen LogP contribution is 1.91. The fraction of sp³-hybridized carbons (Fsp3) is 0.692. The molecule has 0 spiro atoms. The van der Waals surface area contributed by atoms with Gasteiger partial charge in [0, 0.05) is 0 Å². The van der Waals surface area contributed by atoms with Crippen molar-refractivity contribution < 1.29 is 38.8 Å². The van der Waals surface area contributed by atoms with Gasteiger partial charge < -0.3 is 20.3 Å². The molecule has 0 bridgehead atoms. The first-order chi connectivity index (χ1) is 11.4. The summed E-state index contributed by atoms with van der Waals surface area (Å²) in [6.07, 6.45) is -0.0471. The fourth-order valence-corrected chi connectivity index (χ4v) is 1.40. The molecule has 0 rings (SSSR count). The molecule has 0 radical (unpaired) electrons. The van der Waals surface area contributed by atoms with Crippen LogP contribution in [0.15, 0.2) is 0 Å². The Bertz CT molecular complexity index is 442. The van der Waals surface area contributed by atoms with E-state index in [1.165, 1.54) is 0 Å². The number of esters is 1. The number of amides is 1. The van der Waals surface area contributed by atoms with Crippen LogP contribution < -0.4 is 21.5 Å². The van der Waals surface area contributed by atoms with Crippen LogP contribution in [0.1, 0.15) is 26.7 Å². The van der Waals surface area contributed by atoms with Crippen molar-refractivity contribution in [2.24, 2.45) is 5.73 Å². The van der Waals surface area contributed by atoms with E-state index in [4.69, 9.17) is 20.4 Å². The molecule has 138 valence electrons. The van der Waals surface area contributed by atoms with Gasteiger partial charge in [-0.15, -0.1) is 5.48 Å². The molecule has 0 aromatic heterocycles. The molecular weight excluding hydrogens is 324 g/mol. The molecule has 6 N–H and O–H groups in total. The number of alkyl carbamates (subject to hydrolysis) is 1. The summed E-state index contributed by atoms with van der Waals surface area (Å²) in [6, 6.07) is -0.957. The van der Waals surface area contributed by atoms with Crippen LogP contribution in [-0.2, 0) is 23.9 Å². The Labute approximate surface area is 139 Å². The van der Waals surface area contributed by atoms with Crippen LogP contribution in [-0.4, -0.2) is 61.5 Å². The van der Waals surface area contributed by atoms with Gasteiger partial charge in [-0.2, -0.15) is 5.32 Å². The Hall–Kier alpha value is -2.40. The summed E-state index contributed by atoms with van der Waals surface area (Å²) < 4.78 is 9.39. The number of nitrogens with one attached hydrogen (secondary N) is 3. The second kappa shape index (κ2) is 13.1. The average molecular weight is 349 g/mol. The molecule has 0 saturated heterocycles. The Balaban J connectivity index is 4.39. The van der Waals surface area contributed by atoms with Crippen molar-refractivity contribution in [3.8, 4) is 0 Å².